The van der Waals surface area contributed by atoms with Crippen molar-refractivity contribution in [3.8, 4) is 11.5 Å². The fourth-order valence-electron chi connectivity index (χ4n) is 3.48. The molecule has 0 atom stereocenters. The Morgan fingerprint density at radius 2 is 1.73 bits per heavy atom. The molecule has 0 saturated carbocycles. The summed E-state index contributed by atoms with van der Waals surface area (Å²) in [7, 11) is 2.81. The van der Waals surface area contributed by atoms with Gasteiger partial charge in [0.05, 0.1) is 13.7 Å². The summed E-state index contributed by atoms with van der Waals surface area (Å²) in [6.07, 6.45) is -0.558. The molecule has 7 nitrogen and oxygen atoms in total. The first-order valence-corrected chi connectivity index (χ1v) is 10.6. The molecule has 0 saturated heterocycles. The van der Waals surface area contributed by atoms with Gasteiger partial charge in [-0.3, -0.25) is 0 Å². The van der Waals surface area contributed by atoms with Crippen molar-refractivity contribution < 1.29 is 28.9 Å². The Bertz CT molecular complexity index is 1150. The number of rotatable bonds is 6. The van der Waals surface area contributed by atoms with Gasteiger partial charge in [-0.1, -0.05) is 42.5 Å². The van der Waals surface area contributed by atoms with Crippen molar-refractivity contribution in [2.75, 3.05) is 14.2 Å². The van der Waals surface area contributed by atoms with Gasteiger partial charge in [-0.15, -0.1) is 0 Å². The van der Waals surface area contributed by atoms with E-state index in [1.54, 1.807) is 40.0 Å². The number of hydrogen-bond acceptors (Lipinski definition) is 6. The predicted molar refractivity (Wildman–Crippen MR) is 125 cm³/mol. The Morgan fingerprint density at radius 1 is 1.03 bits per heavy atom. The van der Waals surface area contributed by atoms with Crippen molar-refractivity contribution in [2.24, 2.45) is 0 Å². The lowest BCUT2D eigenvalue weighted by Gasteiger charge is -2.26. The first-order valence-electron chi connectivity index (χ1n) is 10.6. The second kappa shape index (κ2) is 9.81. The first kappa shape index (κ1) is 23.9. The number of hydrogen-bond donors (Lipinski definition) is 1. The van der Waals surface area contributed by atoms with Crippen LogP contribution in [0, 0.1) is 0 Å². The molecule has 7 heteroatoms. The molecule has 33 heavy (non-hydrogen) atoms. The van der Waals surface area contributed by atoms with E-state index in [4.69, 9.17) is 14.2 Å². The highest BCUT2D eigenvalue weighted by Gasteiger charge is 2.26. The summed E-state index contributed by atoms with van der Waals surface area (Å²) in [5.74, 6) is -0.420. The van der Waals surface area contributed by atoms with Gasteiger partial charge in [0.25, 0.3) is 0 Å². The van der Waals surface area contributed by atoms with Crippen molar-refractivity contribution in [3.05, 3.63) is 71.3 Å². The van der Waals surface area contributed by atoms with Gasteiger partial charge in [0.1, 0.15) is 29.3 Å². The third-order valence-electron chi connectivity index (χ3n) is 4.94. The Hall–Kier alpha value is -3.74. The number of phenolic OH excluding ortho intramolecular Hbond substituents is 1. The van der Waals surface area contributed by atoms with Gasteiger partial charge in [0.2, 0.25) is 0 Å². The van der Waals surface area contributed by atoms with Crippen LogP contribution < -0.4 is 4.74 Å². The number of carbonyl (C=O) groups excluding carboxylic acids is 2. The van der Waals surface area contributed by atoms with Gasteiger partial charge >= 0.3 is 12.1 Å². The highest BCUT2D eigenvalue weighted by Crippen LogP contribution is 2.37. The summed E-state index contributed by atoms with van der Waals surface area (Å²) in [6.45, 7) is 5.64. The fourth-order valence-corrected chi connectivity index (χ4v) is 3.48. The van der Waals surface area contributed by atoms with Crippen molar-refractivity contribution in [1.29, 1.82) is 0 Å². The standard InChI is InChI=1S/C26H29NO6/c1-26(2,3)33-25(30)27(4)15-19-22-18(14-20(28)23(19)24(29)31-5)12-9-13-21(22)32-16-17-10-7-6-8-11-17/h6-14,28H,15-16H2,1-5H3. The number of esters is 1. The SMILES string of the molecule is COC(=O)c1c(O)cc2cccc(OCc3ccccc3)c2c1CN(C)C(=O)OC(C)(C)C. The van der Waals surface area contributed by atoms with E-state index < -0.39 is 17.7 Å². The second-order valence-corrected chi connectivity index (χ2v) is 8.71. The molecule has 0 bridgehead atoms. The van der Waals surface area contributed by atoms with E-state index in [2.05, 4.69) is 0 Å². The number of benzene rings is 3. The van der Waals surface area contributed by atoms with Crippen LogP contribution in [-0.2, 0) is 22.6 Å². The molecule has 3 aromatic rings. The molecule has 0 fully saturated rings. The van der Waals surface area contributed by atoms with Gasteiger partial charge in [0.15, 0.2) is 0 Å². The van der Waals surface area contributed by atoms with Crippen LogP contribution in [0.3, 0.4) is 0 Å². The number of phenols is 1. The maximum Gasteiger partial charge on any atom is 0.410 e. The molecule has 3 rings (SSSR count). The molecule has 3 aromatic carbocycles. The first-order chi connectivity index (χ1) is 15.6. The lowest BCUT2D eigenvalue weighted by Crippen LogP contribution is -2.34. The van der Waals surface area contributed by atoms with Gasteiger partial charge in [-0.05, 0) is 43.9 Å². The molecular weight excluding hydrogens is 422 g/mol. The fraction of sp³-hybridized carbons (Fsp3) is 0.308. The minimum Gasteiger partial charge on any atom is -0.507 e. The van der Waals surface area contributed by atoms with E-state index in [1.807, 2.05) is 36.4 Å². The third-order valence-corrected chi connectivity index (χ3v) is 4.94. The highest BCUT2D eigenvalue weighted by molar-refractivity contribution is 6.03. The van der Waals surface area contributed by atoms with Crippen molar-refractivity contribution in [1.82, 2.24) is 4.90 Å². The predicted octanol–water partition coefficient (Wildman–Crippen LogP) is 5.28. The minimum atomic E-state index is -0.708. The number of ether oxygens (including phenoxy) is 3. The molecule has 0 aliphatic rings. The van der Waals surface area contributed by atoms with Crippen LogP contribution >= 0.6 is 0 Å². The van der Waals surface area contributed by atoms with E-state index in [0.717, 1.165) is 5.56 Å². The second-order valence-electron chi connectivity index (χ2n) is 8.71. The molecule has 0 unspecified atom stereocenters. The number of nitrogens with zero attached hydrogens (tertiary/aromatic N) is 1. The molecule has 0 aliphatic heterocycles. The van der Waals surface area contributed by atoms with E-state index in [9.17, 15) is 14.7 Å². The minimum absolute atomic E-state index is 0.00401. The molecular formula is C26H29NO6. The number of carbonyl (C=O) groups is 2. The number of aromatic hydroxyl groups is 1. The molecule has 0 spiro atoms. The largest absolute Gasteiger partial charge is 0.507 e. The van der Waals surface area contributed by atoms with Crippen LogP contribution in [0.4, 0.5) is 4.79 Å². The molecule has 0 heterocycles. The van der Waals surface area contributed by atoms with Crippen LogP contribution in [0.25, 0.3) is 10.8 Å². The zero-order valence-electron chi connectivity index (χ0n) is 19.5. The van der Waals surface area contributed by atoms with Gasteiger partial charge in [0, 0.05) is 18.0 Å². The Morgan fingerprint density at radius 3 is 2.36 bits per heavy atom. The zero-order chi connectivity index (χ0) is 24.2. The summed E-state index contributed by atoms with van der Waals surface area (Å²) >= 11 is 0. The van der Waals surface area contributed by atoms with E-state index in [0.29, 0.717) is 28.7 Å². The summed E-state index contributed by atoms with van der Waals surface area (Å²) < 4.78 is 16.5. The molecule has 0 aliphatic carbocycles. The highest BCUT2D eigenvalue weighted by atomic mass is 16.6. The molecule has 174 valence electrons. The summed E-state index contributed by atoms with van der Waals surface area (Å²) in [5.41, 5.74) is 0.695. The van der Waals surface area contributed by atoms with Crippen molar-refractivity contribution in [3.63, 3.8) is 0 Å². The number of fused-ring (bicyclic) bond motifs is 1. The van der Waals surface area contributed by atoms with E-state index in [1.165, 1.54) is 18.1 Å². The molecule has 0 radical (unpaired) electrons. The normalized spacial score (nSPS) is 11.2. The summed E-state index contributed by atoms with van der Waals surface area (Å²) in [4.78, 5) is 26.6. The van der Waals surface area contributed by atoms with Gasteiger partial charge in [-0.2, -0.15) is 0 Å². The topological polar surface area (TPSA) is 85.3 Å². The van der Waals surface area contributed by atoms with Gasteiger partial charge < -0.3 is 24.2 Å². The van der Waals surface area contributed by atoms with Gasteiger partial charge in [-0.25, -0.2) is 9.59 Å². The Kier molecular flexibility index (Phi) is 7.11. The number of amides is 1. The smallest absolute Gasteiger partial charge is 0.410 e. The number of methoxy groups -OCH3 is 1. The Labute approximate surface area is 193 Å². The van der Waals surface area contributed by atoms with Crippen LogP contribution in [0.5, 0.6) is 11.5 Å². The lowest BCUT2D eigenvalue weighted by molar-refractivity contribution is 0.0282. The van der Waals surface area contributed by atoms with Crippen LogP contribution in [0.1, 0.15) is 42.3 Å². The lowest BCUT2D eigenvalue weighted by atomic mass is 9.96. The van der Waals surface area contributed by atoms with E-state index in [-0.39, 0.29) is 17.9 Å². The van der Waals surface area contributed by atoms with Crippen LogP contribution in [0.2, 0.25) is 0 Å². The summed E-state index contributed by atoms with van der Waals surface area (Å²) in [5, 5.41) is 11.9. The summed E-state index contributed by atoms with van der Waals surface area (Å²) in [6, 6.07) is 16.6. The average Bonchev–Trinajstić information content (AvgIpc) is 2.76. The molecule has 0 aromatic heterocycles. The maximum atomic E-state index is 12.6. The molecule has 1 N–H and O–H groups in total. The van der Waals surface area contributed by atoms with Crippen molar-refractivity contribution in [2.45, 2.75) is 39.5 Å². The van der Waals surface area contributed by atoms with Crippen LogP contribution in [-0.4, -0.2) is 41.8 Å². The van der Waals surface area contributed by atoms with E-state index >= 15 is 0 Å². The Balaban J connectivity index is 2.10. The van der Waals surface area contributed by atoms with Crippen molar-refractivity contribution >= 4 is 22.8 Å². The van der Waals surface area contributed by atoms with Crippen LogP contribution in [0.15, 0.2) is 54.6 Å². The quantitative estimate of drug-likeness (QED) is 0.514. The third kappa shape index (κ3) is 5.74. The average molecular weight is 452 g/mol. The zero-order valence-corrected chi connectivity index (χ0v) is 19.5. The monoisotopic (exact) mass is 451 g/mol. The maximum absolute atomic E-state index is 12.6. The molecule has 1 amide bonds.